The first kappa shape index (κ1) is 14.2. The molecule has 0 N–H and O–H groups in total. The molecular formula is C13H5Cl2F3N2O. The molecule has 0 aliphatic carbocycles. The highest BCUT2D eigenvalue weighted by atomic mass is 35.5. The van der Waals surface area contributed by atoms with Crippen molar-refractivity contribution < 1.29 is 17.6 Å². The van der Waals surface area contributed by atoms with E-state index in [1.165, 1.54) is 6.07 Å². The van der Waals surface area contributed by atoms with Crippen LogP contribution in [0.2, 0.25) is 10.2 Å². The zero-order chi connectivity index (χ0) is 15.2. The number of halogens is 5. The summed E-state index contributed by atoms with van der Waals surface area (Å²) < 4.78 is 43.5. The molecule has 3 rings (SSSR count). The minimum Gasteiger partial charge on any atom is -0.454 e. The third-order valence-corrected chi connectivity index (χ3v) is 3.11. The quantitative estimate of drug-likeness (QED) is 0.574. The molecule has 2 heterocycles. The van der Waals surface area contributed by atoms with Gasteiger partial charge in [0.1, 0.15) is 16.4 Å². The van der Waals surface area contributed by atoms with E-state index in [-0.39, 0.29) is 16.6 Å². The summed E-state index contributed by atoms with van der Waals surface area (Å²) in [6.07, 6.45) is -4.69. The highest BCUT2D eigenvalue weighted by Gasteiger charge is 2.35. The van der Waals surface area contributed by atoms with Crippen molar-refractivity contribution in [3.8, 4) is 11.5 Å². The first-order chi connectivity index (χ1) is 9.83. The predicted octanol–water partition coefficient (Wildman–Crippen LogP) is 5.22. The molecular weight excluding hydrogens is 328 g/mol. The second kappa shape index (κ2) is 4.89. The summed E-state index contributed by atoms with van der Waals surface area (Å²) in [6.45, 7) is 0. The Bertz CT molecular complexity index is 830. The van der Waals surface area contributed by atoms with E-state index in [1.54, 1.807) is 24.3 Å². The maximum atomic E-state index is 12.7. The topological polar surface area (TPSA) is 38.9 Å². The Balaban J connectivity index is 2.16. The summed E-state index contributed by atoms with van der Waals surface area (Å²) in [4.78, 5) is 6.61. The van der Waals surface area contributed by atoms with Crippen LogP contribution in [0, 0.1) is 0 Å². The van der Waals surface area contributed by atoms with Crippen molar-refractivity contribution in [2.75, 3.05) is 0 Å². The van der Waals surface area contributed by atoms with E-state index in [0.717, 1.165) is 0 Å². The molecule has 0 saturated carbocycles. The minimum atomic E-state index is -4.69. The Morgan fingerprint density at radius 3 is 2.48 bits per heavy atom. The summed E-state index contributed by atoms with van der Waals surface area (Å²) in [5.41, 5.74) is 0.437. The van der Waals surface area contributed by atoms with Gasteiger partial charge >= 0.3 is 6.18 Å². The number of hydrogen-bond acceptors (Lipinski definition) is 3. The van der Waals surface area contributed by atoms with Gasteiger partial charge in [-0.3, -0.25) is 0 Å². The zero-order valence-electron chi connectivity index (χ0n) is 10.1. The number of benzene rings is 1. The Labute approximate surface area is 126 Å². The molecule has 8 heteroatoms. The minimum absolute atomic E-state index is 0.0466. The van der Waals surface area contributed by atoms with Crippen molar-refractivity contribution >= 4 is 34.2 Å². The lowest BCUT2D eigenvalue weighted by Gasteiger charge is -2.06. The van der Waals surface area contributed by atoms with Crippen LogP contribution in [0.1, 0.15) is 5.82 Å². The lowest BCUT2D eigenvalue weighted by molar-refractivity contribution is -0.144. The van der Waals surface area contributed by atoms with Gasteiger partial charge in [0.05, 0.1) is 0 Å². The van der Waals surface area contributed by atoms with Crippen LogP contribution in [0.25, 0.3) is 22.4 Å². The fourth-order valence-electron chi connectivity index (χ4n) is 1.81. The molecule has 21 heavy (non-hydrogen) atoms. The third kappa shape index (κ3) is 2.82. The van der Waals surface area contributed by atoms with Gasteiger partial charge in [0.15, 0.2) is 5.76 Å². The number of fused-ring (bicyclic) bond motifs is 1. The Hall–Kier alpha value is -1.79. The highest BCUT2D eigenvalue weighted by Crippen LogP contribution is 2.32. The average Bonchev–Trinajstić information content (AvgIpc) is 2.80. The fraction of sp³-hybridized carbons (Fsp3) is 0.0769. The molecule has 0 radical (unpaired) electrons. The van der Waals surface area contributed by atoms with E-state index in [0.29, 0.717) is 16.0 Å². The normalized spacial score (nSPS) is 12.0. The van der Waals surface area contributed by atoms with Gasteiger partial charge in [0, 0.05) is 16.5 Å². The first-order valence-corrected chi connectivity index (χ1v) is 6.40. The van der Waals surface area contributed by atoms with Gasteiger partial charge in [-0.15, -0.1) is 0 Å². The van der Waals surface area contributed by atoms with Crippen molar-refractivity contribution in [3.05, 3.63) is 46.3 Å². The largest absolute Gasteiger partial charge is 0.454 e. The Morgan fingerprint density at radius 1 is 1.00 bits per heavy atom. The molecule has 108 valence electrons. The lowest BCUT2D eigenvalue weighted by Crippen LogP contribution is -2.11. The fourth-order valence-corrected chi connectivity index (χ4v) is 2.18. The van der Waals surface area contributed by atoms with Crippen molar-refractivity contribution in [3.63, 3.8) is 0 Å². The molecule has 0 unspecified atom stereocenters. The molecule has 0 aliphatic heterocycles. The molecule has 0 fully saturated rings. The molecule has 2 aromatic heterocycles. The van der Waals surface area contributed by atoms with E-state index in [9.17, 15) is 13.2 Å². The van der Waals surface area contributed by atoms with Gasteiger partial charge in [-0.05, 0) is 24.3 Å². The number of nitrogens with zero attached hydrogens (tertiary/aromatic N) is 2. The first-order valence-electron chi connectivity index (χ1n) is 5.64. The van der Waals surface area contributed by atoms with Crippen LogP contribution in [0.5, 0.6) is 0 Å². The average molecular weight is 333 g/mol. The van der Waals surface area contributed by atoms with Gasteiger partial charge in [-0.25, -0.2) is 9.97 Å². The standard InChI is InChI=1S/C13H5Cl2F3N2O/c14-7-1-2-9-6(3-7)4-10(21-9)8-5-11(15)20-12(19-8)13(16,17)18/h1-5H. The smallest absolute Gasteiger partial charge is 0.451 e. The van der Waals surface area contributed by atoms with Gasteiger partial charge in [-0.1, -0.05) is 23.2 Å². The Kier molecular flexibility index (Phi) is 3.30. The number of rotatable bonds is 1. The van der Waals surface area contributed by atoms with E-state index >= 15 is 0 Å². The monoisotopic (exact) mass is 332 g/mol. The summed E-state index contributed by atoms with van der Waals surface area (Å²) in [5.74, 6) is -1.16. The molecule has 0 spiro atoms. The number of hydrogen-bond donors (Lipinski definition) is 0. The van der Waals surface area contributed by atoms with Crippen molar-refractivity contribution in [1.82, 2.24) is 9.97 Å². The van der Waals surface area contributed by atoms with Gasteiger partial charge in [0.2, 0.25) is 5.82 Å². The molecule has 0 aliphatic rings. The maximum absolute atomic E-state index is 12.7. The zero-order valence-corrected chi connectivity index (χ0v) is 11.6. The molecule has 0 amide bonds. The molecule has 3 nitrogen and oxygen atoms in total. The molecule has 3 aromatic rings. The van der Waals surface area contributed by atoms with Crippen LogP contribution in [0.4, 0.5) is 13.2 Å². The van der Waals surface area contributed by atoms with Crippen LogP contribution in [0.15, 0.2) is 34.7 Å². The Morgan fingerprint density at radius 2 is 1.76 bits per heavy atom. The number of aromatic nitrogens is 2. The van der Waals surface area contributed by atoms with E-state index in [4.69, 9.17) is 27.6 Å². The maximum Gasteiger partial charge on any atom is 0.451 e. The van der Waals surface area contributed by atoms with E-state index < -0.39 is 12.0 Å². The van der Waals surface area contributed by atoms with Crippen LogP contribution in [-0.2, 0) is 6.18 Å². The highest BCUT2D eigenvalue weighted by molar-refractivity contribution is 6.31. The number of alkyl halides is 3. The SMILES string of the molecule is FC(F)(F)c1nc(Cl)cc(-c2cc3cc(Cl)ccc3o2)n1. The second-order valence-electron chi connectivity index (χ2n) is 4.19. The van der Waals surface area contributed by atoms with Crippen molar-refractivity contribution in [2.45, 2.75) is 6.18 Å². The van der Waals surface area contributed by atoms with Crippen molar-refractivity contribution in [1.29, 1.82) is 0 Å². The van der Waals surface area contributed by atoms with Crippen LogP contribution in [-0.4, -0.2) is 9.97 Å². The van der Waals surface area contributed by atoms with Crippen LogP contribution < -0.4 is 0 Å². The summed E-state index contributed by atoms with van der Waals surface area (Å²) in [7, 11) is 0. The van der Waals surface area contributed by atoms with Crippen LogP contribution >= 0.6 is 23.2 Å². The van der Waals surface area contributed by atoms with Gasteiger partial charge in [0.25, 0.3) is 0 Å². The summed E-state index contributed by atoms with van der Waals surface area (Å²) in [5, 5.41) is 0.832. The molecule has 0 atom stereocenters. The predicted molar refractivity (Wildman–Crippen MR) is 72.3 cm³/mol. The van der Waals surface area contributed by atoms with Crippen LogP contribution in [0.3, 0.4) is 0 Å². The lowest BCUT2D eigenvalue weighted by atomic mass is 10.2. The van der Waals surface area contributed by atoms with E-state index in [1.807, 2.05) is 0 Å². The molecule has 1 aromatic carbocycles. The van der Waals surface area contributed by atoms with Crippen molar-refractivity contribution in [2.24, 2.45) is 0 Å². The summed E-state index contributed by atoms with van der Waals surface area (Å²) in [6, 6.07) is 7.62. The van der Waals surface area contributed by atoms with E-state index in [2.05, 4.69) is 9.97 Å². The summed E-state index contributed by atoms with van der Waals surface area (Å²) >= 11 is 11.5. The molecule has 0 saturated heterocycles. The number of furan rings is 1. The van der Waals surface area contributed by atoms with Gasteiger partial charge < -0.3 is 4.42 Å². The molecule has 0 bridgehead atoms. The second-order valence-corrected chi connectivity index (χ2v) is 5.01. The van der Waals surface area contributed by atoms with Gasteiger partial charge in [-0.2, -0.15) is 13.2 Å². The third-order valence-electron chi connectivity index (χ3n) is 2.68.